The van der Waals surface area contributed by atoms with Crippen LogP contribution in [0.5, 0.6) is 5.75 Å². The molecule has 3 nitrogen and oxygen atoms in total. The molecule has 1 atom stereocenters. The van der Waals surface area contributed by atoms with E-state index in [9.17, 15) is 9.90 Å². The van der Waals surface area contributed by atoms with E-state index in [0.29, 0.717) is 28.3 Å². The van der Waals surface area contributed by atoms with Gasteiger partial charge in [-0.25, -0.2) is 0 Å². The van der Waals surface area contributed by atoms with Crippen molar-refractivity contribution in [2.45, 2.75) is 36.5 Å². The highest BCUT2D eigenvalue weighted by Crippen LogP contribution is 2.27. The highest BCUT2D eigenvalue weighted by Gasteiger charge is 2.10. The van der Waals surface area contributed by atoms with Crippen LogP contribution >= 0.6 is 35.0 Å². The van der Waals surface area contributed by atoms with Crippen LogP contribution in [0.15, 0.2) is 47.4 Å². The van der Waals surface area contributed by atoms with Crippen LogP contribution in [0.3, 0.4) is 0 Å². The van der Waals surface area contributed by atoms with Gasteiger partial charge in [-0.2, -0.15) is 0 Å². The Hall–Kier alpha value is -1.36. The van der Waals surface area contributed by atoms with E-state index >= 15 is 0 Å². The predicted molar refractivity (Wildman–Crippen MR) is 101 cm³/mol. The van der Waals surface area contributed by atoms with E-state index in [-0.39, 0.29) is 11.7 Å². The van der Waals surface area contributed by atoms with Crippen molar-refractivity contribution in [3.05, 3.63) is 58.1 Å². The van der Waals surface area contributed by atoms with E-state index in [4.69, 9.17) is 23.2 Å². The summed E-state index contributed by atoms with van der Waals surface area (Å²) in [6.07, 6.45) is 1.21. The maximum Gasteiger partial charge on any atom is 0.220 e. The van der Waals surface area contributed by atoms with Crippen molar-refractivity contribution >= 4 is 40.9 Å². The first-order chi connectivity index (χ1) is 11.5. The number of aromatic hydroxyl groups is 1. The lowest BCUT2D eigenvalue weighted by molar-refractivity contribution is -0.121. The summed E-state index contributed by atoms with van der Waals surface area (Å²) in [6.45, 7) is 2.45. The van der Waals surface area contributed by atoms with E-state index < -0.39 is 0 Å². The monoisotopic (exact) mass is 383 g/mol. The molecule has 1 unspecified atom stereocenters. The average Bonchev–Trinajstić information content (AvgIpc) is 2.56. The number of thioether (sulfide) groups is 1. The molecule has 6 heteroatoms. The molecule has 2 rings (SSSR count). The number of carbonyl (C=O) groups excluding carboxylic acids is 1. The molecule has 128 valence electrons. The van der Waals surface area contributed by atoms with Gasteiger partial charge < -0.3 is 10.4 Å². The van der Waals surface area contributed by atoms with Crippen LogP contribution < -0.4 is 5.32 Å². The van der Waals surface area contributed by atoms with Crippen LogP contribution in [0, 0.1) is 0 Å². The molecule has 0 fully saturated rings. The number of hydrogen-bond acceptors (Lipinski definition) is 3. The molecule has 2 aromatic rings. The van der Waals surface area contributed by atoms with E-state index in [2.05, 4.69) is 12.2 Å². The van der Waals surface area contributed by atoms with E-state index in [1.165, 1.54) is 0 Å². The number of amides is 1. The summed E-state index contributed by atoms with van der Waals surface area (Å²) in [6, 6.07) is 12.4. The Bertz CT molecular complexity index is 692. The summed E-state index contributed by atoms with van der Waals surface area (Å²) in [5, 5.41) is 13.4. The lowest BCUT2D eigenvalue weighted by Gasteiger charge is -2.12. The Kier molecular flexibility index (Phi) is 7.28. The van der Waals surface area contributed by atoms with Crippen molar-refractivity contribution in [3.8, 4) is 5.75 Å². The third kappa shape index (κ3) is 5.93. The second-order valence-electron chi connectivity index (χ2n) is 5.45. The van der Waals surface area contributed by atoms with Crippen molar-refractivity contribution in [1.82, 2.24) is 5.32 Å². The average molecular weight is 384 g/mol. The van der Waals surface area contributed by atoms with Gasteiger partial charge in [-0.15, -0.1) is 11.8 Å². The number of phenolic OH excluding ortho intramolecular Hbond substituents is 1. The molecule has 0 aliphatic carbocycles. The maximum absolute atomic E-state index is 12.0. The number of phenols is 1. The summed E-state index contributed by atoms with van der Waals surface area (Å²) in [7, 11) is 0. The standard InChI is InChI=1S/C18H19Cl2NO2S/c1-12(24-15-8-6-14(22)7-9-15)5-10-17(23)21-11-13-3-2-4-16(19)18(13)20/h2-4,6-9,12,22H,5,10-11H2,1H3,(H,21,23). The van der Waals surface area contributed by atoms with Gasteiger partial charge >= 0.3 is 0 Å². The van der Waals surface area contributed by atoms with Crippen LogP contribution in [0.25, 0.3) is 0 Å². The molecule has 0 heterocycles. The van der Waals surface area contributed by atoms with Crippen LogP contribution in [-0.2, 0) is 11.3 Å². The normalized spacial score (nSPS) is 12.0. The van der Waals surface area contributed by atoms with Crippen LogP contribution in [0.2, 0.25) is 10.0 Å². The molecule has 0 spiro atoms. The van der Waals surface area contributed by atoms with E-state index in [1.807, 2.05) is 24.3 Å². The quantitative estimate of drug-likeness (QED) is 0.639. The number of rotatable bonds is 7. The van der Waals surface area contributed by atoms with Gasteiger partial charge in [0.25, 0.3) is 0 Å². The third-order valence-electron chi connectivity index (χ3n) is 3.46. The molecule has 24 heavy (non-hydrogen) atoms. The van der Waals surface area contributed by atoms with Crippen molar-refractivity contribution < 1.29 is 9.90 Å². The molecular formula is C18H19Cl2NO2S. The second-order valence-corrected chi connectivity index (χ2v) is 7.75. The molecule has 0 saturated heterocycles. The zero-order valence-electron chi connectivity index (χ0n) is 13.3. The molecule has 0 saturated carbocycles. The summed E-state index contributed by atoms with van der Waals surface area (Å²) in [5.74, 6) is 0.246. The van der Waals surface area contributed by atoms with Crippen molar-refractivity contribution in [3.63, 3.8) is 0 Å². The summed E-state index contributed by atoms with van der Waals surface area (Å²) < 4.78 is 0. The Balaban J connectivity index is 1.74. The van der Waals surface area contributed by atoms with Crippen molar-refractivity contribution in [2.75, 3.05) is 0 Å². The molecule has 2 aromatic carbocycles. The Labute approximate surface area is 156 Å². The highest BCUT2D eigenvalue weighted by atomic mass is 35.5. The van der Waals surface area contributed by atoms with Crippen molar-refractivity contribution in [2.24, 2.45) is 0 Å². The fourth-order valence-electron chi connectivity index (χ4n) is 2.12. The number of nitrogens with one attached hydrogen (secondary N) is 1. The number of carbonyl (C=O) groups is 1. The predicted octanol–water partition coefficient (Wildman–Crippen LogP) is 5.28. The summed E-state index contributed by atoms with van der Waals surface area (Å²) >= 11 is 13.7. The topological polar surface area (TPSA) is 49.3 Å². The Morgan fingerprint density at radius 1 is 1.21 bits per heavy atom. The van der Waals surface area contributed by atoms with Crippen LogP contribution in [0.1, 0.15) is 25.3 Å². The van der Waals surface area contributed by atoms with Gasteiger partial charge in [-0.1, -0.05) is 42.3 Å². The number of hydrogen-bond donors (Lipinski definition) is 2. The minimum atomic E-state index is -0.0100. The van der Waals surface area contributed by atoms with Gasteiger partial charge in [-0.05, 0) is 42.3 Å². The first-order valence-electron chi connectivity index (χ1n) is 7.61. The first-order valence-corrected chi connectivity index (χ1v) is 9.24. The molecule has 0 bridgehead atoms. The largest absolute Gasteiger partial charge is 0.508 e. The van der Waals surface area contributed by atoms with Gasteiger partial charge in [0.2, 0.25) is 5.91 Å². The molecule has 0 aromatic heterocycles. The first kappa shape index (κ1) is 19.0. The second kappa shape index (κ2) is 9.21. The van der Waals surface area contributed by atoms with Gasteiger partial charge in [0.1, 0.15) is 5.75 Å². The van der Waals surface area contributed by atoms with Gasteiger partial charge in [-0.3, -0.25) is 4.79 Å². The number of benzene rings is 2. The fourth-order valence-corrected chi connectivity index (χ4v) is 3.50. The zero-order chi connectivity index (χ0) is 17.5. The molecule has 1 amide bonds. The Morgan fingerprint density at radius 3 is 2.62 bits per heavy atom. The fraction of sp³-hybridized carbons (Fsp3) is 0.278. The van der Waals surface area contributed by atoms with Gasteiger partial charge in [0, 0.05) is 23.1 Å². The summed E-state index contributed by atoms with van der Waals surface area (Å²) in [5.41, 5.74) is 0.809. The minimum Gasteiger partial charge on any atom is -0.508 e. The van der Waals surface area contributed by atoms with Crippen LogP contribution in [0.4, 0.5) is 0 Å². The SMILES string of the molecule is CC(CCC(=O)NCc1cccc(Cl)c1Cl)Sc1ccc(O)cc1. The molecule has 0 aliphatic heterocycles. The van der Waals surface area contributed by atoms with Crippen LogP contribution in [-0.4, -0.2) is 16.3 Å². The highest BCUT2D eigenvalue weighted by molar-refractivity contribution is 7.99. The van der Waals surface area contributed by atoms with Gasteiger partial charge in [0.15, 0.2) is 0 Å². The van der Waals surface area contributed by atoms with Crippen molar-refractivity contribution in [1.29, 1.82) is 0 Å². The molecular weight excluding hydrogens is 365 g/mol. The molecule has 0 radical (unpaired) electrons. The minimum absolute atomic E-state index is 0.0100. The van der Waals surface area contributed by atoms with E-state index in [0.717, 1.165) is 16.9 Å². The maximum atomic E-state index is 12.0. The zero-order valence-corrected chi connectivity index (χ0v) is 15.6. The lowest BCUT2D eigenvalue weighted by atomic mass is 10.2. The van der Waals surface area contributed by atoms with Gasteiger partial charge in [0.05, 0.1) is 10.0 Å². The summed E-state index contributed by atoms with van der Waals surface area (Å²) in [4.78, 5) is 13.1. The van der Waals surface area contributed by atoms with E-state index in [1.54, 1.807) is 30.0 Å². The number of halogens is 2. The smallest absolute Gasteiger partial charge is 0.220 e. The Morgan fingerprint density at radius 2 is 1.92 bits per heavy atom. The molecule has 0 aliphatic rings. The third-order valence-corrected chi connectivity index (χ3v) is 5.50. The lowest BCUT2D eigenvalue weighted by Crippen LogP contribution is -2.23. The molecule has 2 N–H and O–H groups in total.